The quantitative estimate of drug-likeness (QED) is 0.414. The highest BCUT2D eigenvalue weighted by Crippen LogP contribution is 2.43. The van der Waals surface area contributed by atoms with E-state index in [2.05, 4.69) is 17.1 Å². The average Bonchev–Trinajstić information content (AvgIpc) is 1.97. The number of hydrogen-bond acceptors (Lipinski definition) is 4. The van der Waals surface area contributed by atoms with E-state index in [0.29, 0.717) is 0 Å². The zero-order valence-corrected chi connectivity index (χ0v) is 6.87. The van der Waals surface area contributed by atoms with E-state index in [4.69, 9.17) is 5.11 Å². The van der Waals surface area contributed by atoms with E-state index in [1.807, 2.05) is 0 Å². The first-order valence-electron chi connectivity index (χ1n) is 2.70. The number of aliphatic hydroxyl groups is 1. The second kappa shape index (κ2) is 3.50. The first-order chi connectivity index (χ1) is 5.98. The normalized spacial score (nSPS) is 14.0. The van der Waals surface area contributed by atoms with Crippen LogP contribution in [0.25, 0.3) is 0 Å². The molecule has 84 valence electrons. The first-order valence-corrected chi connectivity index (χ1v) is 3.06. The van der Waals surface area contributed by atoms with Crippen molar-refractivity contribution in [1.82, 2.24) is 0 Å². The van der Waals surface area contributed by atoms with E-state index in [1.165, 1.54) is 0 Å². The molecular weight excluding hydrogens is 242 g/mol. The smallest absolute Gasteiger partial charge is 0.392 e. The molecule has 1 N–H and O–H groups in total. The molecule has 0 bridgehead atoms. The predicted molar refractivity (Wildman–Crippen MR) is 32.1 cm³/mol. The van der Waals surface area contributed by atoms with Gasteiger partial charge in [-0.1, -0.05) is 0 Å². The van der Waals surface area contributed by atoms with Crippen molar-refractivity contribution in [3.63, 3.8) is 0 Å². The average molecular weight is 244 g/mol. The number of halogens is 6. The van der Waals surface area contributed by atoms with Gasteiger partial charge in [-0.3, -0.25) is 0 Å². The molecule has 10 heteroatoms. The molecule has 0 saturated carbocycles. The number of rotatable bonds is 1. The van der Waals surface area contributed by atoms with Crippen molar-refractivity contribution < 1.29 is 40.4 Å². The predicted octanol–water partition coefficient (Wildman–Crippen LogP) is 1.23. The molecule has 3 nitrogen and oxygen atoms in total. The van der Waals surface area contributed by atoms with Crippen LogP contribution in [0.4, 0.5) is 26.3 Å². The van der Waals surface area contributed by atoms with Gasteiger partial charge in [-0.2, -0.15) is 26.3 Å². The zero-order chi connectivity index (χ0) is 11.8. The van der Waals surface area contributed by atoms with Crippen LogP contribution in [0.5, 0.6) is 0 Å². The minimum atomic E-state index is -6.23. The largest absolute Gasteiger partial charge is 0.437 e. The van der Waals surface area contributed by atoms with Gasteiger partial charge in [-0.15, -0.1) is 0 Å². The van der Waals surface area contributed by atoms with Gasteiger partial charge in [0.25, 0.3) is 0 Å². The SMILES string of the molecule is O=C(OS)C(O)(C(F)(F)F)C(F)(F)F. The summed E-state index contributed by atoms with van der Waals surface area (Å²) in [5, 5.41) is 8.18. The number of carbonyl (C=O) groups excluding carboxylic acids is 1. The van der Waals surface area contributed by atoms with Gasteiger partial charge in [-0.05, 0) is 0 Å². The Bertz CT molecular complexity index is 218. The molecule has 0 saturated heterocycles. The Morgan fingerprint density at radius 1 is 1.07 bits per heavy atom. The summed E-state index contributed by atoms with van der Waals surface area (Å²) < 4.78 is 73.3. The number of alkyl halides is 6. The van der Waals surface area contributed by atoms with Gasteiger partial charge in [0.1, 0.15) is 0 Å². The molecule has 0 aliphatic heterocycles. The van der Waals surface area contributed by atoms with Crippen LogP contribution in [-0.4, -0.2) is 29.0 Å². The zero-order valence-electron chi connectivity index (χ0n) is 5.98. The Labute approximate surface area is 78.3 Å². The van der Waals surface area contributed by atoms with Crippen molar-refractivity contribution in [2.45, 2.75) is 18.0 Å². The topological polar surface area (TPSA) is 46.5 Å². The molecule has 0 atom stereocenters. The third-order valence-corrected chi connectivity index (χ3v) is 1.36. The van der Waals surface area contributed by atoms with Crippen LogP contribution >= 0.6 is 12.9 Å². The summed E-state index contributed by atoms with van der Waals surface area (Å²) in [6, 6.07) is 0. The van der Waals surface area contributed by atoms with Crippen LogP contribution < -0.4 is 0 Å². The molecule has 0 aliphatic rings. The maximum absolute atomic E-state index is 11.7. The summed E-state index contributed by atoms with van der Waals surface area (Å²) in [4.78, 5) is 10.1. The molecule has 0 fully saturated rings. The Hall–Kier alpha value is -0.640. The van der Waals surface area contributed by atoms with Gasteiger partial charge in [0, 0.05) is 12.9 Å². The van der Waals surface area contributed by atoms with Crippen molar-refractivity contribution in [3.8, 4) is 0 Å². The molecule has 0 amide bonds. The highest BCUT2D eigenvalue weighted by atomic mass is 32.1. The maximum Gasteiger partial charge on any atom is 0.437 e. The molecule has 0 spiro atoms. The highest BCUT2D eigenvalue weighted by molar-refractivity contribution is 7.75. The van der Waals surface area contributed by atoms with E-state index in [9.17, 15) is 31.1 Å². The lowest BCUT2D eigenvalue weighted by Gasteiger charge is -2.28. The van der Waals surface area contributed by atoms with Crippen LogP contribution in [0.2, 0.25) is 0 Å². The maximum atomic E-state index is 11.7. The number of thiol groups is 1. The van der Waals surface area contributed by atoms with E-state index >= 15 is 0 Å². The van der Waals surface area contributed by atoms with Gasteiger partial charge in [0.2, 0.25) is 0 Å². The Kier molecular flexibility index (Phi) is 3.34. The minimum absolute atomic E-state index is 2.46. The molecule has 0 unspecified atom stereocenters. The third-order valence-electron chi connectivity index (χ3n) is 1.20. The van der Waals surface area contributed by atoms with Gasteiger partial charge in [-0.25, -0.2) is 4.79 Å². The second-order valence-electron chi connectivity index (χ2n) is 2.08. The van der Waals surface area contributed by atoms with Gasteiger partial charge >= 0.3 is 23.9 Å². The van der Waals surface area contributed by atoms with Crippen LogP contribution in [0, 0.1) is 0 Å². The third kappa shape index (κ3) is 1.90. The van der Waals surface area contributed by atoms with E-state index < -0.39 is 23.9 Å². The molecule has 14 heavy (non-hydrogen) atoms. The fourth-order valence-electron chi connectivity index (χ4n) is 0.458. The Morgan fingerprint density at radius 2 is 1.36 bits per heavy atom. The lowest BCUT2D eigenvalue weighted by Crippen LogP contribution is -2.62. The molecular formula is C4H2F6O3S. The second-order valence-corrected chi connectivity index (χ2v) is 2.27. The molecule has 0 aliphatic carbocycles. The molecule has 0 aromatic carbocycles. The number of hydrogen-bond donors (Lipinski definition) is 2. The lowest BCUT2D eigenvalue weighted by molar-refractivity contribution is -0.354. The van der Waals surface area contributed by atoms with Gasteiger partial charge in [0.05, 0.1) is 0 Å². The Balaban J connectivity index is 5.40. The summed E-state index contributed by atoms with van der Waals surface area (Å²) in [6.45, 7) is 0. The summed E-state index contributed by atoms with van der Waals surface area (Å²) in [5.74, 6) is -2.96. The molecule has 0 aromatic heterocycles. The van der Waals surface area contributed by atoms with E-state index in [1.54, 1.807) is 0 Å². The summed E-state index contributed by atoms with van der Waals surface area (Å²) >= 11 is 2.46. The summed E-state index contributed by atoms with van der Waals surface area (Å²) in [6.07, 6.45) is -12.5. The Morgan fingerprint density at radius 3 is 1.43 bits per heavy atom. The molecule has 0 radical (unpaired) electrons. The van der Waals surface area contributed by atoms with Crippen molar-refractivity contribution in [3.05, 3.63) is 0 Å². The summed E-state index contributed by atoms with van der Waals surface area (Å²) in [7, 11) is 0. The van der Waals surface area contributed by atoms with Crippen molar-refractivity contribution >= 4 is 18.9 Å². The lowest BCUT2D eigenvalue weighted by atomic mass is 10.0. The van der Waals surface area contributed by atoms with Crippen LogP contribution in [-0.2, 0) is 8.98 Å². The van der Waals surface area contributed by atoms with Crippen molar-refractivity contribution in [2.75, 3.05) is 0 Å². The van der Waals surface area contributed by atoms with E-state index in [-0.39, 0.29) is 0 Å². The number of carbonyl (C=O) groups is 1. The molecule has 0 heterocycles. The minimum Gasteiger partial charge on any atom is -0.392 e. The van der Waals surface area contributed by atoms with Gasteiger partial charge in [0.15, 0.2) is 0 Å². The highest BCUT2D eigenvalue weighted by Gasteiger charge is 2.76. The van der Waals surface area contributed by atoms with Crippen LogP contribution in [0.1, 0.15) is 0 Å². The van der Waals surface area contributed by atoms with Crippen molar-refractivity contribution in [2.24, 2.45) is 0 Å². The first kappa shape index (κ1) is 13.4. The van der Waals surface area contributed by atoms with Gasteiger partial charge < -0.3 is 9.29 Å². The molecule has 0 aromatic rings. The van der Waals surface area contributed by atoms with Crippen LogP contribution in [0.3, 0.4) is 0 Å². The fourth-order valence-corrected chi connectivity index (χ4v) is 0.590. The summed E-state index contributed by atoms with van der Waals surface area (Å²) in [5.41, 5.74) is -5.55. The standard InChI is InChI=1S/C4H2F6O3S/c5-3(6,7)2(12,1(11)13-14)4(8,9)10/h12,14H. The molecule has 0 rings (SSSR count). The van der Waals surface area contributed by atoms with E-state index in [0.717, 1.165) is 0 Å². The van der Waals surface area contributed by atoms with Crippen LogP contribution in [0.15, 0.2) is 0 Å². The monoisotopic (exact) mass is 244 g/mol. The fraction of sp³-hybridized carbons (Fsp3) is 0.750. The van der Waals surface area contributed by atoms with Crippen molar-refractivity contribution in [1.29, 1.82) is 0 Å².